The first-order chi connectivity index (χ1) is 9.82. The maximum Gasteiger partial charge on any atom is 0.269 e. The van der Waals surface area contributed by atoms with Gasteiger partial charge >= 0.3 is 0 Å². The van der Waals surface area contributed by atoms with Gasteiger partial charge in [0.2, 0.25) is 0 Å². The molecule has 1 aromatic rings. The number of nitrogens with zero attached hydrogens (tertiary/aromatic N) is 3. The zero-order valence-electron chi connectivity index (χ0n) is 12.8. The van der Waals surface area contributed by atoms with E-state index in [1.54, 1.807) is 12.1 Å². The lowest BCUT2D eigenvalue weighted by Gasteiger charge is -2.43. The highest BCUT2D eigenvalue weighted by Gasteiger charge is 2.26. The molecule has 21 heavy (non-hydrogen) atoms. The average molecular weight is 312 g/mol. The monoisotopic (exact) mass is 311 g/mol. The van der Waals surface area contributed by atoms with E-state index in [1.165, 1.54) is 0 Å². The topological polar surface area (TPSA) is 49.6 Å². The van der Waals surface area contributed by atoms with E-state index >= 15 is 0 Å². The van der Waals surface area contributed by atoms with Gasteiger partial charge < -0.3 is 4.90 Å². The first-order valence-corrected chi connectivity index (χ1v) is 7.69. The van der Waals surface area contributed by atoms with E-state index in [9.17, 15) is 10.1 Å². The van der Waals surface area contributed by atoms with Crippen molar-refractivity contribution >= 4 is 23.0 Å². The number of halogens is 1. The second-order valence-electron chi connectivity index (χ2n) is 6.35. The number of alkyl halides is 1. The highest BCUT2D eigenvalue weighted by molar-refractivity contribution is 6.17. The largest absolute Gasteiger partial charge is 0.369 e. The molecule has 116 valence electrons. The second kappa shape index (κ2) is 6.20. The van der Waals surface area contributed by atoms with Crippen LogP contribution >= 0.6 is 11.6 Å². The Morgan fingerprint density at radius 2 is 1.86 bits per heavy atom. The van der Waals surface area contributed by atoms with Gasteiger partial charge in [0.05, 0.1) is 4.92 Å². The van der Waals surface area contributed by atoms with Crippen molar-refractivity contribution < 1.29 is 4.92 Å². The molecule has 1 aromatic carbocycles. The average Bonchev–Trinajstić information content (AvgIpc) is 2.45. The molecule has 0 saturated carbocycles. The van der Waals surface area contributed by atoms with Crippen molar-refractivity contribution in [2.45, 2.75) is 32.2 Å². The second-order valence-corrected chi connectivity index (χ2v) is 6.62. The van der Waals surface area contributed by atoms with Crippen molar-refractivity contribution in [1.82, 2.24) is 4.90 Å². The number of rotatable bonds is 3. The van der Waals surface area contributed by atoms with E-state index in [2.05, 4.69) is 30.6 Å². The van der Waals surface area contributed by atoms with E-state index in [-0.39, 0.29) is 22.0 Å². The molecule has 0 bridgehead atoms. The number of hydrogen-bond donors (Lipinski definition) is 0. The predicted molar refractivity (Wildman–Crippen MR) is 86.2 cm³/mol. The van der Waals surface area contributed by atoms with Crippen LogP contribution in [-0.4, -0.2) is 41.5 Å². The van der Waals surface area contributed by atoms with Crippen LogP contribution in [0, 0.1) is 10.1 Å². The summed E-state index contributed by atoms with van der Waals surface area (Å²) < 4.78 is 0. The van der Waals surface area contributed by atoms with Gasteiger partial charge in [0.1, 0.15) is 0 Å². The molecule has 1 heterocycles. The summed E-state index contributed by atoms with van der Waals surface area (Å²) in [6.07, 6.45) is 0. The minimum absolute atomic E-state index is 0.0997. The molecule has 5 nitrogen and oxygen atoms in total. The van der Waals surface area contributed by atoms with Gasteiger partial charge in [-0.2, -0.15) is 0 Å². The van der Waals surface area contributed by atoms with Crippen LogP contribution < -0.4 is 4.90 Å². The lowest BCUT2D eigenvalue weighted by Crippen LogP contribution is -2.53. The number of hydrogen-bond acceptors (Lipinski definition) is 4. The lowest BCUT2D eigenvalue weighted by atomic mass is 10.0. The quantitative estimate of drug-likeness (QED) is 0.488. The predicted octanol–water partition coefficient (Wildman–Crippen LogP) is 3.25. The van der Waals surface area contributed by atoms with Crippen molar-refractivity contribution in [3.05, 3.63) is 33.9 Å². The Bertz CT molecular complexity index is 520. The summed E-state index contributed by atoms with van der Waals surface area (Å²) in [5.74, 6) is 0.288. The summed E-state index contributed by atoms with van der Waals surface area (Å²) in [6.45, 7) is 10.5. The maximum atomic E-state index is 10.9. The molecule has 2 rings (SSSR count). The third kappa shape index (κ3) is 3.66. The van der Waals surface area contributed by atoms with Crippen molar-refractivity contribution in [3.8, 4) is 0 Å². The molecule has 0 N–H and O–H groups in total. The number of non-ortho nitro benzene ring substituents is 1. The molecule has 0 aromatic heterocycles. The molecular formula is C15H22ClN3O2. The fourth-order valence-electron chi connectivity index (χ4n) is 2.72. The van der Waals surface area contributed by atoms with Crippen LogP contribution in [0.2, 0.25) is 0 Å². The zero-order chi connectivity index (χ0) is 15.6. The number of benzene rings is 1. The molecule has 0 aliphatic carbocycles. The van der Waals surface area contributed by atoms with Crippen LogP contribution in [0.1, 0.15) is 26.3 Å². The summed E-state index contributed by atoms with van der Waals surface area (Å²) >= 11 is 5.97. The van der Waals surface area contributed by atoms with Crippen molar-refractivity contribution in [2.24, 2.45) is 0 Å². The third-order valence-electron chi connectivity index (χ3n) is 3.99. The Morgan fingerprint density at radius 3 is 2.33 bits per heavy atom. The van der Waals surface area contributed by atoms with Gasteiger partial charge in [-0.1, -0.05) is 0 Å². The standard InChI is InChI=1S/C15H22ClN3O2/c1-15(2,3)18-8-6-17(7-9-18)14-5-4-13(19(20)21)10-12(14)11-16/h4-5,10H,6-9,11H2,1-3H3. The van der Waals surface area contributed by atoms with Crippen LogP contribution in [-0.2, 0) is 5.88 Å². The van der Waals surface area contributed by atoms with Crippen LogP contribution in [0.4, 0.5) is 11.4 Å². The minimum Gasteiger partial charge on any atom is -0.369 e. The van der Waals surface area contributed by atoms with Gasteiger partial charge in [-0.05, 0) is 32.4 Å². The van der Waals surface area contributed by atoms with Crippen LogP contribution in [0.25, 0.3) is 0 Å². The first-order valence-electron chi connectivity index (χ1n) is 7.16. The summed E-state index contributed by atoms with van der Waals surface area (Å²) in [5.41, 5.74) is 2.12. The van der Waals surface area contributed by atoms with Crippen molar-refractivity contribution in [2.75, 3.05) is 31.1 Å². The Kier molecular flexibility index (Phi) is 4.74. The summed E-state index contributed by atoms with van der Waals surface area (Å²) in [4.78, 5) is 15.2. The Labute approximate surface area is 130 Å². The lowest BCUT2D eigenvalue weighted by molar-refractivity contribution is -0.384. The number of piperazine rings is 1. The fourth-order valence-corrected chi connectivity index (χ4v) is 2.93. The fraction of sp³-hybridized carbons (Fsp3) is 0.600. The molecule has 0 unspecified atom stereocenters. The highest BCUT2D eigenvalue weighted by atomic mass is 35.5. The Balaban J connectivity index is 2.15. The van der Waals surface area contributed by atoms with Crippen LogP contribution in [0.15, 0.2) is 18.2 Å². The minimum atomic E-state index is -0.378. The molecule has 1 aliphatic rings. The van der Waals surface area contributed by atoms with Gasteiger partial charge in [-0.3, -0.25) is 15.0 Å². The molecule has 0 spiro atoms. The molecule has 1 aliphatic heterocycles. The van der Waals surface area contributed by atoms with Crippen molar-refractivity contribution in [3.63, 3.8) is 0 Å². The first kappa shape index (κ1) is 16.0. The van der Waals surface area contributed by atoms with Crippen LogP contribution in [0.5, 0.6) is 0 Å². The van der Waals surface area contributed by atoms with E-state index in [0.29, 0.717) is 0 Å². The zero-order valence-corrected chi connectivity index (χ0v) is 13.6. The molecule has 0 radical (unpaired) electrons. The third-order valence-corrected chi connectivity index (χ3v) is 4.27. The van der Waals surface area contributed by atoms with E-state index < -0.39 is 0 Å². The molecule has 6 heteroatoms. The number of nitro benzene ring substituents is 1. The van der Waals surface area contributed by atoms with E-state index in [0.717, 1.165) is 37.4 Å². The van der Waals surface area contributed by atoms with Gasteiger partial charge in [0.15, 0.2) is 0 Å². The summed E-state index contributed by atoms with van der Waals surface area (Å²) in [6, 6.07) is 4.96. The summed E-state index contributed by atoms with van der Waals surface area (Å²) in [7, 11) is 0. The van der Waals surface area contributed by atoms with Gasteiger partial charge in [0, 0.05) is 55.4 Å². The number of nitro groups is 1. The maximum absolute atomic E-state index is 10.9. The molecule has 1 saturated heterocycles. The number of anilines is 1. The smallest absolute Gasteiger partial charge is 0.269 e. The molecule has 0 atom stereocenters. The van der Waals surface area contributed by atoms with Gasteiger partial charge in [-0.15, -0.1) is 11.6 Å². The summed E-state index contributed by atoms with van der Waals surface area (Å²) in [5, 5.41) is 10.9. The SMILES string of the molecule is CC(C)(C)N1CCN(c2ccc([N+](=O)[O-])cc2CCl)CC1. The highest BCUT2D eigenvalue weighted by Crippen LogP contribution is 2.28. The molecular weight excluding hydrogens is 290 g/mol. The Hall–Kier alpha value is -1.33. The van der Waals surface area contributed by atoms with E-state index in [1.807, 2.05) is 6.07 Å². The molecule has 1 fully saturated rings. The van der Waals surface area contributed by atoms with Gasteiger partial charge in [-0.25, -0.2) is 0 Å². The van der Waals surface area contributed by atoms with Crippen molar-refractivity contribution in [1.29, 1.82) is 0 Å². The van der Waals surface area contributed by atoms with Gasteiger partial charge in [0.25, 0.3) is 5.69 Å². The Morgan fingerprint density at radius 1 is 1.24 bits per heavy atom. The van der Waals surface area contributed by atoms with E-state index in [4.69, 9.17) is 11.6 Å². The van der Waals surface area contributed by atoms with Crippen LogP contribution in [0.3, 0.4) is 0 Å². The normalized spacial score (nSPS) is 17.0. The molecule has 0 amide bonds.